The second-order valence-electron chi connectivity index (χ2n) is 3.40. The first-order chi connectivity index (χ1) is 8.56. The summed E-state index contributed by atoms with van der Waals surface area (Å²) >= 11 is 6.55. The number of hydrogen-bond donors (Lipinski definition) is 2. The molecule has 2 amide bonds. The highest BCUT2D eigenvalue weighted by Gasteiger charge is 2.20. The van der Waals surface area contributed by atoms with Crippen LogP contribution < -0.4 is 15.3 Å². The van der Waals surface area contributed by atoms with E-state index in [1.165, 1.54) is 4.68 Å². The predicted octanol–water partition coefficient (Wildman–Crippen LogP) is 2.67. The number of amides is 2. The highest BCUT2D eigenvalue weighted by molar-refractivity contribution is 9.10. The number of carbonyl (C=O) groups excluding carboxylic acids is 1. The minimum atomic E-state index is -0.408. The third-order valence-corrected chi connectivity index (χ3v) is 3.46. The molecule has 0 unspecified atom stereocenters. The molecule has 2 N–H and O–H groups in total. The number of nitrogens with one attached hydrogen (secondary N) is 2. The van der Waals surface area contributed by atoms with Gasteiger partial charge < -0.3 is 5.32 Å². The normalized spacial score (nSPS) is 10.2. The Morgan fingerprint density at radius 2 is 1.94 bits per heavy atom. The van der Waals surface area contributed by atoms with E-state index in [4.69, 9.17) is 4.52 Å². The number of halogens is 2. The number of benzene rings is 1. The maximum absolute atomic E-state index is 11.7. The first-order valence-corrected chi connectivity index (χ1v) is 6.50. The van der Waals surface area contributed by atoms with E-state index in [0.29, 0.717) is 10.3 Å². The molecule has 0 aliphatic carbocycles. The van der Waals surface area contributed by atoms with Gasteiger partial charge in [-0.05, 0) is 28.9 Å². The fraction of sp³-hybridized carbons (Fsp3) is 0.100. The Kier molecular flexibility index (Phi) is 3.97. The number of nitrogens with zero attached hydrogens (tertiary/aromatic N) is 2. The molecule has 1 aromatic heterocycles. The maximum atomic E-state index is 11.7. The number of aromatic nitrogens is 2. The fourth-order valence-corrected chi connectivity index (χ4v) is 1.70. The zero-order valence-electron chi connectivity index (χ0n) is 9.28. The lowest BCUT2D eigenvalue weighted by atomic mass is 10.3. The number of anilines is 2. The molecular weight excluding hydrogens is 368 g/mol. The highest BCUT2D eigenvalue weighted by atomic mass is 79.9. The third kappa shape index (κ3) is 3.08. The van der Waals surface area contributed by atoms with Gasteiger partial charge in [-0.25, -0.2) is 4.79 Å². The van der Waals surface area contributed by atoms with Gasteiger partial charge in [0.05, 0.1) is 0 Å². The predicted molar refractivity (Wildman–Crippen MR) is 72.2 cm³/mol. The van der Waals surface area contributed by atoms with Crippen molar-refractivity contribution in [3.63, 3.8) is 0 Å². The summed E-state index contributed by atoms with van der Waals surface area (Å²) < 4.78 is 7.86. The smallest absolute Gasteiger partial charge is 0.308 e. The van der Waals surface area contributed by atoms with Crippen LogP contribution in [0.5, 0.6) is 0 Å². The van der Waals surface area contributed by atoms with Gasteiger partial charge in [-0.3, -0.25) is 9.84 Å². The van der Waals surface area contributed by atoms with Gasteiger partial charge in [0.25, 0.3) is 0 Å². The van der Waals surface area contributed by atoms with Gasteiger partial charge in [0.2, 0.25) is 5.27 Å². The Labute approximate surface area is 120 Å². The standard InChI is InChI=1S/C10H8Br2N4O2/c1-16-8(12)9(18-15-16)14-10(17)13-7-4-2-6(11)3-5-7/h2-5H,1H3,(H-,13,14,15,17)/p+1. The van der Waals surface area contributed by atoms with Crippen molar-refractivity contribution in [3.8, 4) is 0 Å². The average Bonchev–Trinajstić information content (AvgIpc) is 2.64. The van der Waals surface area contributed by atoms with Crippen molar-refractivity contribution in [2.45, 2.75) is 0 Å². The molecule has 0 saturated heterocycles. The fourth-order valence-electron chi connectivity index (χ4n) is 1.20. The summed E-state index contributed by atoms with van der Waals surface area (Å²) in [6, 6.07) is 6.81. The summed E-state index contributed by atoms with van der Waals surface area (Å²) in [4.78, 5) is 11.7. The molecule has 0 radical (unpaired) electrons. The van der Waals surface area contributed by atoms with Crippen LogP contribution in [0.25, 0.3) is 0 Å². The molecule has 0 saturated carbocycles. The summed E-state index contributed by atoms with van der Waals surface area (Å²) in [6.07, 6.45) is 0. The van der Waals surface area contributed by atoms with Crippen LogP contribution in [0.15, 0.2) is 37.9 Å². The molecule has 0 aliphatic heterocycles. The molecule has 94 valence electrons. The number of carbonyl (C=O) groups is 1. The van der Waals surface area contributed by atoms with Gasteiger partial charge >= 0.3 is 16.5 Å². The van der Waals surface area contributed by atoms with E-state index in [1.807, 2.05) is 12.1 Å². The maximum Gasteiger partial charge on any atom is 0.339 e. The molecule has 0 bridgehead atoms. The lowest BCUT2D eigenvalue weighted by molar-refractivity contribution is -0.749. The van der Waals surface area contributed by atoms with Crippen molar-refractivity contribution in [2.75, 3.05) is 10.6 Å². The zero-order chi connectivity index (χ0) is 13.1. The second kappa shape index (κ2) is 5.49. The van der Waals surface area contributed by atoms with E-state index in [9.17, 15) is 4.79 Å². The summed E-state index contributed by atoms with van der Waals surface area (Å²) in [7, 11) is 1.69. The van der Waals surface area contributed by atoms with E-state index >= 15 is 0 Å². The number of aryl methyl sites for hydroxylation is 1. The van der Waals surface area contributed by atoms with Gasteiger partial charge in [-0.2, -0.15) is 0 Å². The van der Waals surface area contributed by atoms with Gasteiger partial charge in [0.15, 0.2) is 7.05 Å². The number of urea groups is 1. The van der Waals surface area contributed by atoms with Gasteiger partial charge in [-0.15, -0.1) is 0 Å². The van der Waals surface area contributed by atoms with E-state index in [0.717, 1.165) is 4.47 Å². The van der Waals surface area contributed by atoms with Crippen LogP contribution in [0, 0.1) is 0 Å². The summed E-state index contributed by atoms with van der Waals surface area (Å²) in [5, 5.41) is 8.83. The SMILES string of the molecule is C[n+]1noc(NC(=O)Nc2ccc(Br)cc2)c1Br. The lowest BCUT2D eigenvalue weighted by Crippen LogP contribution is -2.31. The van der Waals surface area contributed by atoms with Crippen LogP contribution in [0.4, 0.5) is 16.4 Å². The van der Waals surface area contributed by atoms with Crippen molar-refractivity contribution in [2.24, 2.45) is 7.05 Å². The summed E-state index contributed by atoms with van der Waals surface area (Å²) in [5.74, 6) is 0.243. The molecule has 2 rings (SSSR count). The van der Waals surface area contributed by atoms with Crippen molar-refractivity contribution in [1.82, 2.24) is 5.27 Å². The molecule has 18 heavy (non-hydrogen) atoms. The van der Waals surface area contributed by atoms with Gasteiger partial charge in [-0.1, -0.05) is 15.9 Å². The second-order valence-corrected chi connectivity index (χ2v) is 5.07. The van der Waals surface area contributed by atoms with Crippen molar-refractivity contribution < 1.29 is 14.0 Å². The minimum absolute atomic E-state index is 0.243. The molecule has 0 aliphatic rings. The summed E-state index contributed by atoms with van der Waals surface area (Å²) in [6.45, 7) is 0. The molecule has 0 atom stereocenters. The molecule has 2 aromatic rings. The Balaban J connectivity index is 2.01. The van der Waals surface area contributed by atoms with Crippen LogP contribution in [0.3, 0.4) is 0 Å². The first kappa shape index (κ1) is 13.0. The zero-order valence-corrected chi connectivity index (χ0v) is 12.4. The first-order valence-electron chi connectivity index (χ1n) is 4.91. The molecule has 0 spiro atoms. The van der Waals surface area contributed by atoms with E-state index < -0.39 is 6.03 Å². The summed E-state index contributed by atoms with van der Waals surface area (Å²) in [5.41, 5.74) is 0.677. The topological polar surface area (TPSA) is 71.0 Å². The van der Waals surface area contributed by atoms with E-state index in [1.54, 1.807) is 19.2 Å². The largest absolute Gasteiger partial charge is 0.339 e. The van der Waals surface area contributed by atoms with E-state index in [2.05, 4.69) is 47.8 Å². The Hall–Kier alpha value is -1.41. The van der Waals surface area contributed by atoms with Gasteiger partial charge in [0, 0.05) is 26.1 Å². The van der Waals surface area contributed by atoms with E-state index in [-0.39, 0.29) is 5.88 Å². The molecule has 6 nitrogen and oxygen atoms in total. The van der Waals surface area contributed by atoms with Crippen molar-refractivity contribution in [3.05, 3.63) is 33.3 Å². The molecular formula is C10H9Br2N4O2+. The van der Waals surface area contributed by atoms with Crippen LogP contribution in [0.1, 0.15) is 0 Å². The van der Waals surface area contributed by atoms with Crippen LogP contribution in [-0.4, -0.2) is 11.3 Å². The van der Waals surface area contributed by atoms with Crippen LogP contribution >= 0.6 is 31.9 Å². The number of rotatable bonds is 2. The molecule has 0 fully saturated rings. The Morgan fingerprint density at radius 1 is 1.28 bits per heavy atom. The van der Waals surface area contributed by atoms with Crippen molar-refractivity contribution >= 4 is 49.5 Å². The van der Waals surface area contributed by atoms with Crippen LogP contribution in [0.2, 0.25) is 0 Å². The third-order valence-electron chi connectivity index (χ3n) is 2.06. The average molecular weight is 377 g/mol. The minimum Gasteiger partial charge on any atom is -0.308 e. The van der Waals surface area contributed by atoms with Crippen LogP contribution in [-0.2, 0) is 7.05 Å². The monoisotopic (exact) mass is 375 g/mol. The highest BCUT2D eigenvalue weighted by Crippen LogP contribution is 2.17. The molecule has 8 heteroatoms. The van der Waals surface area contributed by atoms with Crippen molar-refractivity contribution in [1.29, 1.82) is 0 Å². The Bertz CT molecular complexity index is 568. The molecule has 1 aromatic carbocycles. The Morgan fingerprint density at radius 3 is 2.50 bits per heavy atom. The molecule has 1 heterocycles. The van der Waals surface area contributed by atoms with Gasteiger partial charge in [0.1, 0.15) is 0 Å². The number of hydrogen-bond acceptors (Lipinski definition) is 3. The quantitative estimate of drug-likeness (QED) is 0.791. The lowest BCUT2D eigenvalue weighted by Gasteiger charge is -2.04.